The van der Waals surface area contributed by atoms with Crippen molar-refractivity contribution in [1.82, 2.24) is 0 Å². The van der Waals surface area contributed by atoms with Crippen molar-refractivity contribution >= 4 is 8.60 Å². The molecule has 0 heterocycles. The van der Waals surface area contributed by atoms with E-state index in [-0.39, 0.29) is 27.1 Å². The molecule has 2 N–H and O–H groups in total. The first-order valence-corrected chi connectivity index (χ1v) is 17.6. The van der Waals surface area contributed by atoms with Gasteiger partial charge in [0.2, 0.25) is 0 Å². The topological polar surface area (TPSA) is 49.7 Å². The Bertz CT molecular complexity index is 1500. The third-order valence-electron chi connectivity index (χ3n) is 8.80. The minimum absolute atomic E-state index is 0.130. The Balaban J connectivity index is 2.87. The third-order valence-corrected chi connectivity index (χ3v) is 9.16. The summed E-state index contributed by atoms with van der Waals surface area (Å²) in [6.45, 7) is 40.7. The lowest BCUT2D eigenvalue weighted by molar-refractivity contribution is 0.370. The van der Waals surface area contributed by atoms with Gasteiger partial charge in [0.15, 0.2) is 0 Å². The zero-order chi connectivity index (χ0) is 34.8. The Morgan fingerprint density at radius 1 is 0.467 bits per heavy atom. The minimum Gasteiger partial charge on any atom is -0.427 e. The maximum absolute atomic E-state index is 10.4. The van der Waals surface area contributed by atoms with Gasteiger partial charge in [0.25, 0.3) is 0 Å². The van der Waals surface area contributed by atoms with Crippen LogP contribution in [0.1, 0.15) is 148 Å². The number of hydrogen-bond donors (Lipinski definition) is 2. The van der Waals surface area contributed by atoms with E-state index in [2.05, 4.69) is 155 Å². The highest BCUT2D eigenvalue weighted by atomic mass is 31.2. The molecule has 0 aromatic heterocycles. The second-order valence-electron chi connectivity index (χ2n) is 18.4. The molecule has 3 nitrogen and oxygen atoms in total. The smallest absolute Gasteiger partial charge is 0.391 e. The molecule has 0 unspecified atom stereocenters. The van der Waals surface area contributed by atoms with E-state index in [4.69, 9.17) is 4.52 Å². The number of hydrogen-bond acceptors (Lipinski definition) is 3. The Morgan fingerprint density at radius 3 is 1.09 bits per heavy atom. The molecular formula is C41H61O3P. The van der Waals surface area contributed by atoms with Crippen molar-refractivity contribution in [1.29, 1.82) is 0 Å². The zero-order valence-corrected chi connectivity index (χ0v) is 32.5. The van der Waals surface area contributed by atoms with E-state index in [1.54, 1.807) is 0 Å². The summed E-state index contributed by atoms with van der Waals surface area (Å²) in [6, 6.07) is 11.5. The fourth-order valence-electron chi connectivity index (χ4n) is 6.73. The highest BCUT2D eigenvalue weighted by Gasteiger charge is 2.36. The van der Waals surface area contributed by atoms with Gasteiger partial charge in [0.1, 0.15) is 5.75 Å². The fourth-order valence-corrected chi connectivity index (χ4v) is 7.05. The second-order valence-corrected chi connectivity index (χ2v) is 19.0. The van der Waals surface area contributed by atoms with Gasteiger partial charge in [-0.3, -0.25) is 0 Å². The molecule has 0 radical (unpaired) electrons. The van der Waals surface area contributed by atoms with E-state index < -0.39 is 8.60 Å². The van der Waals surface area contributed by atoms with Crippen LogP contribution >= 0.6 is 8.60 Å². The van der Waals surface area contributed by atoms with Crippen LogP contribution in [0.3, 0.4) is 0 Å². The monoisotopic (exact) mass is 632 g/mol. The maximum atomic E-state index is 10.4. The second kappa shape index (κ2) is 12.1. The van der Waals surface area contributed by atoms with Crippen molar-refractivity contribution in [3.05, 3.63) is 74.8 Å². The lowest BCUT2D eigenvalue weighted by Crippen LogP contribution is -2.23. The molecule has 0 aliphatic carbocycles. The quantitative estimate of drug-likeness (QED) is 0.281. The molecule has 248 valence electrons. The maximum Gasteiger partial charge on any atom is 0.391 e. The summed E-state index contributed by atoms with van der Waals surface area (Å²) in [5, 5.41) is 0. The molecule has 4 heteroatoms. The van der Waals surface area contributed by atoms with Crippen molar-refractivity contribution < 1.29 is 14.3 Å². The molecule has 0 aliphatic rings. The molecule has 3 aromatic rings. The van der Waals surface area contributed by atoms with Gasteiger partial charge in [-0.25, -0.2) is 0 Å². The largest absolute Gasteiger partial charge is 0.427 e. The molecule has 45 heavy (non-hydrogen) atoms. The van der Waals surface area contributed by atoms with Crippen LogP contribution in [0.5, 0.6) is 5.75 Å². The van der Waals surface area contributed by atoms with Crippen LogP contribution in [-0.4, -0.2) is 9.79 Å². The van der Waals surface area contributed by atoms with Crippen molar-refractivity contribution in [2.75, 3.05) is 0 Å². The van der Waals surface area contributed by atoms with E-state index >= 15 is 0 Å². The van der Waals surface area contributed by atoms with Crippen LogP contribution in [0.2, 0.25) is 0 Å². The zero-order valence-electron chi connectivity index (χ0n) is 31.6. The average molecular weight is 633 g/mol. The van der Waals surface area contributed by atoms with Gasteiger partial charge in [-0.05, 0) is 104 Å². The average Bonchev–Trinajstić information content (AvgIpc) is 2.80. The van der Waals surface area contributed by atoms with Gasteiger partial charge in [0.05, 0.1) is 0 Å². The number of aryl methyl sites for hydroxylation is 2. The van der Waals surface area contributed by atoms with Gasteiger partial charge in [-0.2, -0.15) is 0 Å². The van der Waals surface area contributed by atoms with Crippen LogP contribution in [0.4, 0.5) is 0 Å². The molecule has 3 aromatic carbocycles. The third kappa shape index (κ3) is 7.86. The first-order chi connectivity index (χ1) is 20.1. The summed E-state index contributed by atoms with van der Waals surface area (Å²) >= 11 is 0. The molecule has 0 saturated heterocycles. The molecule has 0 aliphatic heterocycles. The number of benzene rings is 3. The molecular weight excluding hydrogens is 571 g/mol. The highest BCUT2D eigenvalue weighted by molar-refractivity contribution is 7.39. The Morgan fingerprint density at radius 2 is 0.800 bits per heavy atom. The summed E-state index contributed by atoms with van der Waals surface area (Å²) in [6.07, 6.45) is 0. The van der Waals surface area contributed by atoms with Crippen molar-refractivity contribution in [3.8, 4) is 28.0 Å². The minimum atomic E-state index is -2.64. The molecule has 0 spiro atoms. The number of rotatable bonds is 4. The van der Waals surface area contributed by atoms with E-state index in [0.29, 0.717) is 5.75 Å². The summed E-state index contributed by atoms with van der Waals surface area (Å²) in [4.78, 5) is 20.8. The summed E-state index contributed by atoms with van der Waals surface area (Å²) < 4.78 is 6.08. The Kier molecular flexibility index (Phi) is 10.0. The van der Waals surface area contributed by atoms with Gasteiger partial charge in [-0.15, -0.1) is 0 Å². The Labute approximate surface area is 276 Å². The molecule has 0 atom stereocenters. The van der Waals surface area contributed by atoms with Gasteiger partial charge in [-0.1, -0.05) is 139 Å². The summed E-state index contributed by atoms with van der Waals surface area (Å²) in [5.41, 5.74) is 13.6. The molecule has 0 saturated carbocycles. The van der Waals surface area contributed by atoms with E-state index in [1.807, 2.05) is 0 Å². The first-order valence-electron chi connectivity index (χ1n) is 16.4. The van der Waals surface area contributed by atoms with E-state index in [1.165, 1.54) is 50.1 Å². The summed E-state index contributed by atoms with van der Waals surface area (Å²) in [7, 11) is -2.64. The standard InChI is InChI=1S/C41H61O3P/c1-24-19-28(37(4,5)6)34(29(20-24)38(7,8)9)27-23-32(44-45(42)43)36(41(16,17)18)33(26(27)3)35-30(39(10,11)12)21-25(2)22-31(35)40(13,14)15/h19-23,42-43H,1-18H3. The van der Waals surface area contributed by atoms with Crippen molar-refractivity contribution in [2.24, 2.45) is 0 Å². The van der Waals surface area contributed by atoms with Crippen molar-refractivity contribution in [2.45, 2.75) is 152 Å². The predicted octanol–water partition coefficient (Wildman–Crippen LogP) is 12.0. The van der Waals surface area contributed by atoms with Crippen LogP contribution in [0.15, 0.2) is 30.3 Å². The molecule has 0 fully saturated rings. The lowest BCUT2D eigenvalue weighted by Gasteiger charge is -2.37. The van der Waals surface area contributed by atoms with E-state index in [0.717, 1.165) is 16.7 Å². The molecule has 0 bridgehead atoms. The van der Waals surface area contributed by atoms with Gasteiger partial charge < -0.3 is 14.3 Å². The fraction of sp³-hybridized carbons (Fsp3) is 0.561. The molecule has 3 rings (SSSR count). The van der Waals surface area contributed by atoms with Crippen LogP contribution in [0.25, 0.3) is 22.3 Å². The molecule has 0 amide bonds. The van der Waals surface area contributed by atoms with Crippen LogP contribution in [0, 0.1) is 20.8 Å². The lowest BCUT2D eigenvalue weighted by atomic mass is 9.68. The predicted molar refractivity (Wildman–Crippen MR) is 197 cm³/mol. The van der Waals surface area contributed by atoms with E-state index in [9.17, 15) is 9.79 Å². The Hall–Kier alpha value is -2.19. The first kappa shape index (κ1) is 37.3. The van der Waals surface area contributed by atoms with Gasteiger partial charge >= 0.3 is 8.60 Å². The summed E-state index contributed by atoms with van der Waals surface area (Å²) in [5.74, 6) is 0.537. The van der Waals surface area contributed by atoms with Gasteiger partial charge in [0, 0.05) is 5.56 Å². The highest BCUT2D eigenvalue weighted by Crippen LogP contribution is 2.54. The van der Waals surface area contributed by atoms with Crippen LogP contribution < -0.4 is 4.52 Å². The van der Waals surface area contributed by atoms with Crippen LogP contribution in [-0.2, 0) is 27.1 Å². The SMILES string of the molecule is Cc1cc(C(C)(C)C)c(-c2cc(OP(O)O)c(C(C)(C)C)c(-c3c(C(C)(C)C)cc(C)cc3C(C)(C)C)c2C)c(C(C)(C)C)c1. The van der Waals surface area contributed by atoms with Crippen molar-refractivity contribution in [3.63, 3.8) is 0 Å². The normalized spacial score (nSPS) is 13.5.